The fourth-order valence-electron chi connectivity index (χ4n) is 3.15. The highest BCUT2D eigenvalue weighted by Gasteiger charge is 2.27. The second kappa shape index (κ2) is 5.50. The highest BCUT2D eigenvalue weighted by Crippen LogP contribution is 2.24. The fraction of sp³-hybridized carbons (Fsp3) is 1.00. The molecule has 0 aromatic heterocycles. The fourth-order valence-corrected chi connectivity index (χ4v) is 3.15. The lowest BCUT2D eigenvalue weighted by molar-refractivity contribution is 0.110. The summed E-state index contributed by atoms with van der Waals surface area (Å²) in [6.45, 7) is 12.4. The third kappa shape index (κ3) is 2.98. The molecule has 2 fully saturated rings. The summed E-state index contributed by atoms with van der Waals surface area (Å²) < 4.78 is 0. The van der Waals surface area contributed by atoms with Gasteiger partial charge in [-0.1, -0.05) is 20.8 Å². The summed E-state index contributed by atoms with van der Waals surface area (Å²) in [6.07, 6.45) is 4.17. The number of piperidine rings is 2. The molecule has 2 aliphatic rings. The number of nitrogens with one attached hydrogen (secondary N) is 1. The zero-order chi connectivity index (χ0) is 11.5. The van der Waals surface area contributed by atoms with Gasteiger partial charge in [-0.2, -0.15) is 0 Å². The molecule has 0 bridgehead atoms. The number of hydrogen-bond donors (Lipinski definition) is 1. The largest absolute Gasteiger partial charge is 0.312 e. The van der Waals surface area contributed by atoms with Crippen molar-refractivity contribution >= 4 is 0 Å². The van der Waals surface area contributed by atoms with Crippen LogP contribution >= 0.6 is 0 Å². The smallest absolute Gasteiger partial charge is 0.0220 e. The van der Waals surface area contributed by atoms with Gasteiger partial charge in [0.05, 0.1) is 0 Å². The SMILES string of the molecule is CC1CCN(CC2NCCCC2C)CC1C. The van der Waals surface area contributed by atoms with Crippen LogP contribution in [0.3, 0.4) is 0 Å². The van der Waals surface area contributed by atoms with Crippen LogP contribution in [0.15, 0.2) is 0 Å². The van der Waals surface area contributed by atoms with Crippen molar-refractivity contribution in [3.05, 3.63) is 0 Å². The molecule has 0 aromatic carbocycles. The van der Waals surface area contributed by atoms with Gasteiger partial charge < -0.3 is 10.2 Å². The van der Waals surface area contributed by atoms with Crippen molar-refractivity contribution < 1.29 is 0 Å². The average Bonchev–Trinajstić information content (AvgIpc) is 2.27. The van der Waals surface area contributed by atoms with E-state index < -0.39 is 0 Å². The van der Waals surface area contributed by atoms with Gasteiger partial charge in [-0.15, -0.1) is 0 Å². The van der Waals surface area contributed by atoms with Crippen LogP contribution in [0.4, 0.5) is 0 Å². The van der Waals surface area contributed by atoms with E-state index in [1.807, 2.05) is 0 Å². The van der Waals surface area contributed by atoms with Gasteiger partial charge in [0, 0.05) is 19.1 Å². The van der Waals surface area contributed by atoms with Crippen molar-refractivity contribution in [1.29, 1.82) is 0 Å². The Balaban J connectivity index is 1.80. The monoisotopic (exact) mass is 224 g/mol. The quantitative estimate of drug-likeness (QED) is 0.774. The first kappa shape index (κ1) is 12.4. The molecule has 2 heterocycles. The third-order valence-corrected chi connectivity index (χ3v) is 4.80. The minimum atomic E-state index is 0.745. The molecule has 0 saturated carbocycles. The average molecular weight is 224 g/mol. The maximum absolute atomic E-state index is 3.70. The molecule has 94 valence electrons. The summed E-state index contributed by atoms with van der Waals surface area (Å²) in [4.78, 5) is 2.68. The normalized spacial score (nSPS) is 42.2. The molecule has 0 radical (unpaired) electrons. The predicted octanol–water partition coefficient (Wildman–Crippen LogP) is 2.35. The van der Waals surface area contributed by atoms with Crippen molar-refractivity contribution in [3.63, 3.8) is 0 Å². The first-order chi connectivity index (χ1) is 7.66. The molecule has 2 saturated heterocycles. The highest BCUT2D eigenvalue weighted by molar-refractivity contribution is 4.84. The Morgan fingerprint density at radius 1 is 1.06 bits per heavy atom. The molecular formula is C14H28N2. The minimum Gasteiger partial charge on any atom is -0.312 e. The Kier molecular flexibility index (Phi) is 4.26. The zero-order valence-electron chi connectivity index (χ0n) is 11.2. The van der Waals surface area contributed by atoms with Crippen LogP contribution < -0.4 is 5.32 Å². The summed E-state index contributed by atoms with van der Waals surface area (Å²) in [5.41, 5.74) is 0. The lowest BCUT2D eigenvalue weighted by atomic mass is 9.87. The predicted molar refractivity (Wildman–Crippen MR) is 69.6 cm³/mol. The van der Waals surface area contributed by atoms with Gasteiger partial charge >= 0.3 is 0 Å². The third-order valence-electron chi connectivity index (χ3n) is 4.80. The Morgan fingerprint density at radius 3 is 2.56 bits per heavy atom. The molecule has 0 amide bonds. The molecule has 2 heteroatoms. The molecular weight excluding hydrogens is 196 g/mol. The number of hydrogen-bond acceptors (Lipinski definition) is 2. The molecule has 2 nitrogen and oxygen atoms in total. The summed E-state index contributed by atoms with van der Waals surface area (Å²) in [5.74, 6) is 2.67. The van der Waals surface area contributed by atoms with Crippen molar-refractivity contribution in [2.45, 2.75) is 46.1 Å². The van der Waals surface area contributed by atoms with Crippen LogP contribution in [0.25, 0.3) is 0 Å². The van der Waals surface area contributed by atoms with Crippen LogP contribution in [0.2, 0.25) is 0 Å². The van der Waals surface area contributed by atoms with Gasteiger partial charge in [-0.3, -0.25) is 0 Å². The van der Waals surface area contributed by atoms with Crippen molar-refractivity contribution in [1.82, 2.24) is 10.2 Å². The molecule has 4 unspecified atom stereocenters. The van der Waals surface area contributed by atoms with Gasteiger partial charge in [0.2, 0.25) is 0 Å². The van der Waals surface area contributed by atoms with Crippen LogP contribution in [0.1, 0.15) is 40.0 Å². The van der Waals surface area contributed by atoms with E-state index in [4.69, 9.17) is 0 Å². The maximum atomic E-state index is 3.70. The number of likely N-dealkylation sites (tertiary alicyclic amines) is 1. The zero-order valence-corrected chi connectivity index (χ0v) is 11.2. The lowest BCUT2D eigenvalue weighted by Gasteiger charge is -2.40. The highest BCUT2D eigenvalue weighted by atomic mass is 15.2. The molecule has 1 N–H and O–H groups in total. The van der Waals surface area contributed by atoms with Crippen molar-refractivity contribution in [2.75, 3.05) is 26.2 Å². The molecule has 4 atom stereocenters. The van der Waals surface area contributed by atoms with E-state index in [2.05, 4.69) is 31.0 Å². The topological polar surface area (TPSA) is 15.3 Å². The molecule has 0 spiro atoms. The second-order valence-corrected chi connectivity index (χ2v) is 6.18. The van der Waals surface area contributed by atoms with E-state index in [1.165, 1.54) is 45.4 Å². The van der Waals surface area contributed by atoms with Crippen LogP contribution in [-0.4, -0.2) is 37.1 Å². The van der Waals surface area contributed by atoms with Gasteiger partial charge in [0.15, 0.2) is 0 Å². The van der Waals surface area contributed by atoms with Crippen molar-refractivity contribution in [3.8, 4) is 0 Å². The summed E-state index contributed by atoms with van der Waals surface area (Å²) in [5, 5.41) is 3.70. The standard InChI is InChI=1S/C14H28N2/c1-11-6-8-16(9-13(11)3)10-14-12(2)5-4-7-15-14/h11-15H,4-10H2,1-3H3. The molecule has 16 heavy (non-hydrogen) atoms. The van der Waals surface area contributed by atoms with Gasteiger partial charge in [0.25, 0.3) is 0 Å². The van der Waals surface area contributed by atoms with Crippen LogP contribution in [0, 0.1) is 17.8 Å². The maximum Gasteiger partial charge on any atom is 0.0220 e. The van der Waals surface area contributed by atoms with Gasteiger partial charge in [-0.25, -0.2) is 0 Å². The summed E-state index contributed by atoms with van der Waals surface area (Å²) >= 11 is 0. The molecule has 0 aromatic rings. The summed E-state index contributed by atoms with van der Waals surface area (Å²) in [6, 6.07) is 0.745. The van der Waals surface area contributed by atoms with E-state index in [9.17, 15) is 0 Å². The van der Waals surface area contributed by atoms with Crippen LogP contribution in [-0.2, 0) is 0 Å². The van der Waals surface area contributed by atoms with E-state index in [-0.39, 0.29) is 0 Å². The number of rotatable bonds is 2. The van der Waals surface area contributed by atoms with Gasteiger partial charge in [0.1, 0.15) is 0 Å². The Hall–Kier alpha value is -0.0800. The van der Waals surface area contributed by atoms with Crippen molar-refractivity contribution in [2.24, 2.45) is 17.8 Å². The van der Waals surface area contributed by atoms with E-state index in [0.29, 0.717) is 0 Å². The Bertz CT molecular complexity index is 217. The Morgan fingerprint density at radius 2 is 1.88 bits per heavy atom. The van der Waals surface area contributed by atoms with Gasteiger partial charge in [-0.05, 0) is 50.1 Å². The molecule has 2 rings (SSSR count). The second-order valence-electron chi connectivity index (χ2n) is 6.18. The minimum absolute atomic E-state index is 0.745. The molecule has 2 aliphatic heterocycles. The van der Waals surface area contributed by atoms with E-state index in [0.717, 1.165) is 23.8 Å². The first-order valence-electron chi connectivity index (χ1n) is 7.12. The molecule has 0 aliphatic carbocycles. The van der Waals surface area contributed by atoms with E-state index >= 15 is 0 Å². The van der Waals surface area contributed by atoms with Crippen LogP contribution in [0.5, 0.6) is 0 Å². The Labute approximate surface area is 101 Å². The lowest BCUT2D eigenvalue weighted by Crippen LogP contribution is -2.50. The summed E-state index contributed by atoms with van der Waals surface area (Å²) in [7, 11) is 0. The first-order valence-corrected chi connectivity index (χ1v) is 7.12. The van der Waals surface area contributed by atoms with E-state index in [1.54, 1.807) is 0 Å². The number of nitrogens with zero attached hydrogens (tertiary/aromatic N) is 1.